The van der Waals surface area contributed by atoms with Crippen molar-refractivity contribution in [3.8, 4) is 0 Å². The summed E-state index contributed by atoms with van der Waals surface area (Å²) in [7, 11) is 0. The number of carbonyl (C=O) groups excluding carboxylic acids is 1. The third-order valence-electron chi connectivity index (χ3n) is 4.12. The van der Waals surface area contributed by atoms with Gasteiger partial charge < -0.3 is 16.8 Å². The van der Waals surface area contributed by atoms with E-state index in [4.69, 9.17) is 11.5 Å². The summed E-state index contributed by atoms with van der Waals surface area (Å²) in [4.78, 5) is 19.5. The van der Waals surface area contributed by atoms with Gasteiger partial charge >= 0.3 is 0 Å². The van der Waals surface area contributed by atoms with E-state index in [1.54, 1.807) is 0 Å². The molecule has 0 bridgehead atoms. The molecule has 0 aliphatic carbocycles. The van der Waals surface area contributed by atoms with E-state index in [0.29, 0.717) is 24.2 Å². The summed E-state index contributed by atoms with van der Waals surface area (Å²) in [6, 6.07) is 11.2. The van der Waals surface area contributed by atoms with Crippen LogP contribution < -0.4 is 16.8 Å². The Balaban J connectivity index is 1.64. The highest BCUT2D eigenvalue weighted by atomic mass is 19.1. The van der Waals surface area contributed by atoms with Gasteiger partial charge in [-0.05, 0) is 17.2 Å². The Morgan fingerprint density at radius 1 is 1.07 bits per heavy atom. The lowest BCUT2D eigenvalue weighted by atomic mass is 10.1. The van der Waals surface area contributed by atoms with Crippen molar-refractivity contribution < 1.29 is 13.6 Å². The van der Waals surface area contributed by atoms with E-state index in [0.717, 1.165) is 17.2 Å². The number of primary amides is 1. The van der Waals surface area contributed by atoms with E-state index in [2.05, 4.69) is 15.3 Å². The van der Waals surface area contributed by atoms with Crippen LogP contribution in [0.1, 0.15) is 32.9 Å². The predicted octanol–water partition coefficient (Wildman–Crippen LogP) is 2.32. The number of halogens is 2. The molecular weight excluding hydrogens is 364 g/mol. The van der Waals surface area contributed by atoms with Crippen LogP contribution in [-0.2, 0) is 19.5 Å². The van der Waals surface area contributed by atoms with Crippen LogP contribution in [0.15, 0.2) is 48.7 Å². The summed E-state index contributed by atoms with van der Waals surface area (Å²) in [5, 5.41) is 3.13. The molecule has 144 valence electrons. The molecule has 0 spiro atoms. The number of anilines is 1. The van der Waals surface area contributed by atoms with Gasteiger partial charge in [0.25, 0.3) is 5.91 Å². The third-order valence-corrected chi connectivity index (χ3v) is 4.12. The van der Waals surface area contributed by atoms with E-state index >= 15 is 0 Å². The second kappa shape index (κ2) is 8.53. The fraction of sp³-hybridized carbons (Fsp3) is 0.150. The van der Waals surface area contributed by atoms with Crippen LogP contribution in [0.4, 0.5) is 14.6 Å². The number of nitrogen functional groups attached to an aromatic ring is 1. The van der Waals surface area contributed by atoms with Gasteiger partial charge in [-0.3, -0.25) is 4.79 Å². The number of amides is 1. The summed E-state index contributed by atoms with van der Waals surface area (Å²) in [5.41, 5.74) is 13.7. The first-order valence-corrected chi connectivity index (χ1v) is 8.56. The van der Waals surface area contributed by atoms with Crippen LogP contribution in [0, 0.1) is 11.6 Å². The average Bonchev–Trinajstić information content (AvgIpc) is 2.65. The normalized spacial score (nSPS) is 10.8. The molecule has 6 nitrogen and oxygen atoms in total. The minimum absolute atomic E-state index is 0.00206. The van der Waals surface area contributed by atoms with Crippen LogP contribution in [-0.4, -0.2) is 15.9 Å². The summed E-state index contributed by atoms with van der Waals surface area (Å²) >= 11 is 0. The Bertz CT molecular complexity index is 1010. The smallest absolute Gasteiger partial charge is 0.271 e. The monoisotopic (exact) mass is 383 g/mol. The van der Waals surface area contributed by atoms with Crippen LogP contribution >= 0.6 is 0 Å². The van der Waals surface area contributed by atoms with Gasteiger partial charge in [0.1, 0.15) is 11.6 Å². The highest BCUT2D eigenvalue weighted by molar-refractivity contribution is 5.94. The molecule has 2 aromatic carbocycles. The molecule has 0 unspecified atom stereocenters. The fourth-order valence-corrected chi connectivity index (χ4v) is 2.77. The minimum atomic E-state index is -0.724. The Hall–Kier alpha value is -3.39. The van der Waals surface area contributed by atoms with Crippen LogP contribution in [0.2, 0.25) is 0 Å². The van der Waals surface area contributed by atoms with E-state index < -0.39 is 17.5 Å². The maximum atomic E-state index is 13.7. The van der Waals surface area contributed by atoms with Crippen LogP contribution in [0.3, 0.4) is 0 Å². The van der Waals surface area contributed by atoms with Crippen molar-refractivity contribution in [2.24, 2.45) is 5.73 Å². The number of aromatic nitrogens is 2. The molecule has 0 aliphatic heterocycles. The zero-order valence-electron chi connectivity index (χ0n) is 15.0. The second-order valence-corrected chi connectivity index (χ2v) is 6.30. The molecule has 8 heteroatoms. The molecule has 0 aliphatic rings. The second-order valence-electron chi connectivity index (χ2n) is 6.30. The summed E-state index contributed by atoms with van der Waals surface area (Å²) < 4.78 is 26.6. The molecule has 0 radical (unpaired) electrons. The van der Waals surface area contributed by atoms with Gasteiger partial charge in [-0.15, -0.1) is 0 Å². The number of nitrogens with two attached hydrogens (primary N) is 2. The fourth-order valence-electron chi connectivity index (χ4n) is 2.77. The first-order valence-electron chi connectivity index (χ1n) is 8.56. The molecule has 28 heavy (non-hydrogen) atoms. The lowest BCUT2D eigenvalue weighted by molar-refractivity contribution is 0.0996. The lowest BCUT2D eigenvalue weighted by Crippen LogP contribution is -2.17. The van der Waals surface area contributed by atoms with E-state index in [1.807, 2.05) is 24.3 Å². The molecule has 5 N–H and O–H groups in total. The highest BCUT2D eigenvalue weighted by Crippen LogP contribution is 2.13. The molecule has 3 aromatic rings. The van der Waals surface area contributed by atoms with Crippen molar-refractivity contribution in [1.82, 2.24) is 15.3 Å². The number of hydrogen-bond acceptors (Lipinski definition) is 5. The SMILES string of the molecule is NC(=O)c1nc(Cc2cccc(CNCc3ccc(F)cc3F)c2)cnc1N. The molecule has 1 aromatic heterocycles. The Morgan fingerprint density at radius 2 is 1.86 bits per heavy atom. The quantitative estimate of drug-likeness (QED) is 0.580. The van der Waals surface area contributed by atoms with Gasteiger partial charge in [0.2, 0.25) is 0 Å². The van der Waals surface area contributed by atoms with Gasteiger partial charge in [0, 0.05) is 31.1 Å². The van der Waals surface area contributed by atoms with Crippen molar-refractivity contribution in [2.45, 2.75) is 19.5 Å². The van der Waals surface area contributed by atoms with Gasteiger partial charge in [-0.2, -0.15) is 0 Å². The highest BCUT2D eigenvalue weighted by Gasteiger charge is 2.11. The third kappa shape index (κ3) is 4.86. The zero-order valence-corrected chi connectivity index (χ0v) is 15.0. The van der Waals surface area contributed by atoms with E-state index in [9.17, 15) is 13.6 Å². The maximum Gasteiger partial charge on any atom is 0.271 e. The van der Waals surface area contributed by atoms with Crippen LogP contribution in [0.5, 0.6) is 0 Å². The summed E-state index contributed by atoms with van der Waals surface area (Å²) in [5.74, 6) is -1.90. The van der Waals surface area contributed by atoms with Gasteiger partial charge in [-0.1, -0.05) is 30.3 Å². The van der Waals surface area contributed by atoms with Crippen LogP contribution in [0.25, 0.3) is 0 Å². The molecule has 0 saturated carbocycles. The van der Waals surface area contributed by atoms with Crippen molar-refractivity contribution >= 4 is 11.7 Å². The van der Waals surface area contributed by atoms with Crippen molar-refractivity contribution in [2.75, 3.05) is 5.73 Å². The zero-order chi connectivity index (χ0) is 20.1. The van der Waals surface area contributed by atoms with Crippen molar-refractivity contribution in [1.29, 1.82) is 0 Å². The molecule has 0 fully saturated rings. The molecule has 3 rings (SSSR count). The number of benzene rings is 2. The Kier molecular flexibility index (Phi) is 5.90. The van der Waals surface area contributed by atoms with Crippen molar-refractivity contribution in [3.63, 3.8) is 0 Å². The topological polar surface area (TPSA) is 107 Å². The number of rotatable bonds is 7. The minimum Gasteiger partial charge on any atom is -0.382 e. The van der Waals surface area contributed by atoms with E-state index in [-0.39, 0.29) is 18.1 Å². The number of hydrogen-bond donors (Lipinski definition) is 3. The number of nitrogens with zero attached hydrogens (tertiary/aromatic N) is 2. The number of nitrogens with one attached hydrogen (secondary N) is 1. The Labute approximate surface area is 160 Å². The number of carbonyl (C=O) groups is 1. The van der Waals surface area contributed by atoms with E-state index in [1.165, 1.54) is 18.3 Å². The molecule has 1 heterocycles. The summed E-state index contributed by atoms with van der Waals surface area (Å²) in [6.07, 6.45) is 1.96. The standard InChI is InChI=1S/C20H19F2N5O/c21-15-5-4-14(17(22)8-15)10-25-9-13-3-1-2-12(6-13)7-16-11-26-19(23)18(27-16)20(24)28/h1-6,8,11,25H,7,9-10H2,(H2,23,26)(H2,24,28). The predicted molar refractivity (Wildman–Crippen MR) is 101 cm³/mol. The lowest BCUT2D eigenvalue weighted by Gasteiger charge is -2.09. The summed E-state index contributed by atoms with van der Waals surface area (Å²) in [6.45, 7) is 0.784. The van der Waals surface area contributed by atoms with Gasteiger partial charge in [-0.25, -0.2) is 18.7 Å². The molecule has 0 saturated heterocycles. The maximum absolute atomic E-state index is 13.7. The largest absolute Gasteiger partial charge is 0.382 e. The average molecular weight is 383 g/mol. The van der Waals surface area contributed by atoms with Gasteiger partial charge in [0.15, 0.2) is 11.5 Å². The first-order chi connectivity index (χ1) is 13.4. The first kappa shape index (κ1) is 19.4. The van der Waals surface area contributed by atoms with Gasteiger partial charge in [0.05, 0.1) is 11.9 Å². The molecule has 1 amide bonds. The van der Waals surface area contributed by atoms with Crippen molar-refractivity contribution in [3.05, 3.63) is 88.4 Å². The Morgan fingerprint density at radius 3 is 2.61 bits per heavy atom. The molecule has 0 atom stereocenters. The molecular formula is C20H19F2N5O.